The molecule has 22 heavy (non-hydrogen) atoms. The molecule has 2 rings (SSSR count). The zero-order valence-corrected chi connectivity index (χ0v) is 12.7. The number of halogens is 1. The molecular formula is C18H17FO3. The first kappa shape index (κ1) is 15.8. The minimum atomic E-state index is -0.398. The monoisotopic (exact) mass is 300 g/mol. The molecule has 0 bridgehead atoms. The number of hydrogen-bond acceptors (Lipinski definition) is 3. The number of carbonyl (C=O) groups is 1. The van der Waals surface area contributed by atoms with Crippen molar-refractivity contribution in [3.63, 3.8) is 0 Å². The Bertz CT molecular complexity index is 748. The quantitative estimate of drug-likeness (QED) is 0.684. The van der Waals surface area contributed by atoms with Crippen molar-refractivity contribution < 1.29 is 19.0 Å². The van der Waals surface area contributed by atoms with Gasteiger partial charge in [0, 0.05) is 0 Å². The molecule has 0 heterocycles. The van der Waals surface area contributed by atoms with E-state index in [2.05, 4.69) is 0 Å². The molecule has 0 saturated heterocycles. The van der Waals surface area contributed by atoms with Gasteiger partial charge in [0.05, 0.1) is 7.11 Å². The zero-order chi connectivity index (χ0) is 16.3. The average molecular weight is 300 g/mol. The Labute approximate surface area is 128 Å². The molecular weight excluding hydrogens is 283 g/mol. The predicted molar refractivity (Wildman–Crippen MR) is 83.9 cm³/mol. The Hall–Kier alpha value is -2.62. The Morgan fingerprint density at radius 1 is 1.23 bits per heavy atom. The van der Waals surface area contributed by atoms with E-state index in [1.165, 1.54) is 31.4 Å². The van der Waals surface area contributed by atoms with Gasteiger partial charge in [-0.3, -0.25) is 4.79 Å². The van der Waals surface area contributed by atoms with Gasteiger partial charge in [0.1, 0.15) is 22.9 Å². The maximum absolute atomic E-state index is 13.1. The maximum Gasteiger partial charge on any atom is 0.193 e. The number of aromatic hydroxyl groups is 1. The third kappa shape index (κ3) is 3.17. The molecule has 0 saturated carbocycles. The van der Waals surface area contributed by atoms with Crippen LogP contribution in [0.2, 0.25) is 0 Å². The van der Waals surface area contributed by atoms with Crippen molar-refractivity contribution in [2.24, 2.45) is 0 Å². The van der Waals surface area contributed by atoms with Crippen LogP contribution in [0.15, 0.2) is 36.4 Å². The van der Waals surface area contributed by atoms with Crippen LogP contribution >= 0.6 is 0 Å². The standard InChI is InChI=1S/C18H17FO3/c1-11-9-12(2)18(22-3)16(17(11)21)15(20)8-7-13-5-4-6-14(19)10-13/h4-10,21H,1-3H3/b8-7+. The minimum absolute atomic E-state index is 0.101. The van der Waals surface area contributed by atoms with E-state index in [9.17, 15) is 14.3 Å². The molecule has 0 aliphatic rings. The molecule has 0 fully saturated rings. The van der Waals surface area contributed by atoms with Crippen LogP contribution in [-0.2, 0) is 0 Å². The van der Waals surface area contributed by atoms with Crippen LogP contribution in [0.1, 0.15) is 27.0 Å². The number of carbonyl (C=O) groups excluding carboxylic acids is 1. The van der Waals surface area contributed by atoms with Gasteiger partial charge in [0.2, 0.25) is 0 Å². The first-order chi connectivity index (χ1) is 10.4. The molecule has 2 aromatic rings. The van der Waals surface area contributed by atoms with Gasteiger partial charge in [-0.25, -0.2) is 4.39 Å². The lowest BCUT2D eigenvalue weighted by molar-refractivity contribution is 0.104. The SMILES string of the molecule is COc1c(C)cc(C)c(O)c1C(=O)/C=C/c1cccc(F)c1. The van der Waals surface area contributed by atoms with Gasteiger partial charge in [0.25, 0.3) is 0 Å². The number of phenols is 1. The molecule has 3 nitrogen and oxygen atoms in total. The maximum atomic E-state index is 13.1. The molecule has 0 radical (unpaired) electrons. The van der Waals surface area contributed by atoms with E-state index < -0.39 is 5.78 Å². The number of methoxy groups -OCH3 is 1. The first-order valence-corrected chi connectivity index (χ1v) is 6.79. The normalized spacial score (nSPS) is 10.9. The van der Waals surface area contributed by atoms with E-state index in [1.807, 2.05) is 0 Å². The van der Waals surface area contributed by atoms with Gasteiger partial charge < -0.3 is 9.84 Å². The van der Waals surface area contributed by atoms with E-state index in [-0.39, 0.29) is 17.1 Å². The largest absolute Gasteiger partial charge is 0.507 e. The zero-order valence-electron chi connectivity index (χ0n) is 12.7. The number of phenolic OH excluding ortho intramolecular Hbond substituents is 1. The molecule has 114 valence electrons. The highest BCUT2D eigenvalue weighted by atomic mass is 19.1. The fraction of sp³-hybridized carbons (Fsp3) is 0.167. The van der Waals surface area contributed by atoms with Crippen LogP contribution in [0.3, 0.4) is 0 Å². The summed E-state index contributed by atoms with van der Waals surface area (Å²) in [5.74, 6) is -0.528. The minimum Gasteiger partial charge on any atom is -0.507 e. The Kier molecular flexibility index (Phi) is 4.61. The van der Waals surface area contributed by atoms with Crippen molar-refractivity contribution in [2.45, 2.75) is 13.8 Å². The number of ketones is 1. The van der Waals surface area contributed by atoms with Crippen LogP contribution in [0.4, 0.5) is 4.39 Å². The van der Waals surface area contributed by atoms with Gasteiger partial charge in [-0.2, -0.15) is 0 Å². The van der Waals surface area contributed by atoms with Crippen LogP contribution in [-0.4, -0.2) is 18.0 Å². The summed E-state index contributed by atoms with van der Waals surface area (Å²) < 4.78 is 18.4. The lowest BCUT2D eigenvalue weighted by atomic mass is 10.00. The van der Waals surface area contributed by atoms with Gasteiger partial charge in [-0.05, 0) is 54.8 Å². The van der Waals surface area contributed by atoms with E-state index in [0.717, 1.165) is 5.56 Å². The fourth-order valence-corrected chi connectivity index (χ4v) is 2.32. The second-order valence-electron chi connectivity index (χ2n) is 5.02. The average Bonchev–Trinajstić information content (AvgIpc) is 2.48. The highest BCUT2D eigenvalue weighted by Gasteiger charge is 2.19. The van der Waals surface area contributed by atoms with Crippen molar-refractivity contribution in [1.29, 1.82) is 0 Å². The summed E-state index contributed by atoms with van der Waals surface area (Å²) in [5.41, 5.74) is 2.05. The third-order valence-corrected chi connectivity index (χ3v) is 3.35. The number of rotatable bonds is 4. The lowest BCUT2D eigenvalue weighted by Crippen LogP contribution is -2.03. The van der Waals surface area contributed by atoms with Crippen LogP contribution < -0.4 is 4.74 Å². The highest BCUT2D eigenvalue weighted by Crippen LogP contribution is 2.34. The smallest absolute Gasteiger partial charge is 0.193 e. The molecule has 0 unspecified atom stereocenters. The van der Waals surface area contributed by atoms with Crippen LogP contribution in [0.5, 0.6) is 11.5 Å². The fourth-order valence-electron chi connectivity index (χ4n) is 2.32. The van der Waals surface area contributed by atoms with Crippen molar-refractivity contribution in [3.05, 3.63) is 64.5 Å². The molecule has 0 aromatic heterocycles. The topological polar surface area (TPSA) is 46.5 Å². The van der Waals surface area contributed by atoms with Crippen molar-refractivity contribution >= 4 is 11.9 Å². The van der Waals surface area contributed by atoms with Crippen LogP contribution in [0.25, 0.3) is 6.08 Å². The molecule has 0 atom stereocenters. The second kappa shape index (κ2) is 6.43. The number of benzene rings is 2. The van der Waals surface area contributed by atoms with Gasteiger partial charge in [0.15, 0.2) is 5.78 Å². The van der Waals surface area contributed by atoms with Crippen molar-refractivity contribution in [3.8, 4) is 11.5 Å². The van der Waals surface area contributed by atoms with E-state index in [1.54, 1.807) is 32.0 Å². The number of allylic oxidation sites excluding steroid dienone is 1. The summed E-state index contributed by atoms with van der Waals surface area (Å²) in [4.78, 5) is 12.4. The highest BCUT2D eigenvalue weighted by molar-refractivity contribution is 6.11. The summed E-state index contributed by atoms with van der Waals surface area (Å²) in [6.45, 7) is 3.52. The summed E-state index contributed by atoms with van der Waals surface area (Å²) in [5, 5.41) is 10.2. The number of aryl methyl sites for hydroxylation is 2. The Morgan fingerprint density at radius 3 is 2.59 bits per heavy atom. The first-order valence-electron chi connectivity index (χ1n) is 6.79. The summed E-state index contributed by atoms with van der Waals surface area (Å²) in [6, 6.07) is 7.65. The number of hydrogen-bond donors (Lipinski definition) is 1. The molecule has 0 aliphatic carbocycles. The Balaban J connectivity index is 2.42. The summed E-state index contributed by atoms with van der Waals surface area (Å²) in [7, 11) is 1.45. The van der Waals surface area contributed by atoms with E-state index in [0.29, 0.717) is 16.9 Å². The second-order valence-corrected chi connectivity index (χ2v) is 5.02. The number of ether oxygens (including phenoxy) is 1. The van der Waals surface area contributed by atoms with Crippen molar-refractivity contribution in [1.82, 2.24) is 0 Å². The molecule has 4 heteroatoms. The third-order valence-electron chi connectivity index (χ3n) is 3.35. The molecule has 0 amide bonds. The summed E-state index contributed by atoms with van der Waals surface area (Å²) in [6.07, 6.45) is 2.80. The van der Waals surface area contributed by atoms with E-state index >= 15 is 0 Å². The predicted octanol–water partition coefficient (Wildman–Crippen LogP) is 4.05. The van der Waals surface area contributed by atoms with Crippen molar-refractivity contribution in [2.75, 3.05) is 7.11 Å². The molecule has 1 N–H and O–H groups in total. The van der Waals surface area contributed by atoms with E-state index in [4.69, 9.17) is 4.74 Å². The summed E-state index contributed by atoms with van der Waals surface area (Å²) >= 11 is 0. The van der Waals surface area contributed by atoms with Gasteiger partial charge in [-0.15, -0.1) is 0 Å². The molecule has 2 aromatic carbocycles. The molecule has 0 aliphatic heterocycles. The lowest BCUT2D eigenvalue weighted by Gasteiger charge is -2.13. The van der Waals surface area contributed by atoms with Gasteiger partial charge in [-0.1, -0.05) is 18.2 Å². The van der Waals surface area contributed by atoms with Gasteiger partial charge >= 0.3 is 0 Å². The van der Waals surface area contributed by atoms with Crippen LogP contribution in [0, 0.1) is 19.7 Å². The molecule has 0 spiro atoms. The Morgan fingerprint density at radius 2 is 1.95 bits per heavy atom.